The van der Waals surface area contributed by atoms with E-state index in [2.05, 4.69) is 0 Å². The molecule has 0 saturated carbocycles. The Bertz CT molecular complexity index is 368. The molecule has 0 radical (unpaired) electrons. The first-order valence-corrected chi connectivity index (χ1v) is 3.57. The van der Waals surface area contributed by atoms with Gasteiger partial charge in [0.15, 0.2) is 17.2 Å². The van der Waals surface area contributed by atoms with E-state index in [1.165, 1.54) is 18.2 Å². The van der Waals surface area contributed by atoms with E-state index in [9.17, 15) is 13.9 Å². The molecule has 0 spiro atoms. The summed E-state index contributed by atoms with van der Waals surface area (Å²) < 4.78 is 25.6. The van der Waals surface area contributed by atoms with Crippen LogP contribution in [-0.4, -0.2) is 5.11 Å². The molecule has 0 fully saturated rings. The molecular formula is C9H7F2NO. The van der Waals surface area contributed by atoms with Crippen molar-refractivity contribution in [2.75, 3.05) is 0 Å². The summed E-state index contributed by atoms with van der Waals surface area (Å²) >= 11 is 0. The molecule has 1 aromatic rings. The molecule has 0 aliphatic rings. The fraction of sp³-hybridized carbons (Fsp3) is 0.222. The zero-order valence-corrected chi connectivity index (χ0v) is 6.88. The lowest BCUT2D eigenvalue weighted by molar-refractivity contribution is 0.114. The molecule has 0 amide bonds. The zero-order chi connectivity index (χ0) is 10.1. The molecular weight excluding hydrogens is 176 g/mol. The monoisotopic (exact) mass is 183 g/mol. The molecule has 0 saturated heterocycles. The summed E-state index contributed by atoms with van der Waals surface area (Å²) in [4.78, 5) is 0. The highest BCUT2D eigenvalue weighted by atomic mass is 19.2. The first kappa shape index (κ1) is 9.62. The number of halogens is 2. The minimum Gasteiger partial charge on any atom is -0.372 e. The molecule has 2 nitrogen and oxygen atoms in total. The highest BCUT2D eigenvalue weighted by Gasteiger charge is 2.27. The van der Waals surface area contributed by atoms with E-state index in [1.54, 1.807) is 0 Å². The Morgan fingerprint density at radius 3 is 2.62 bits per heavy atom. The van der Waals surface area contributed by atoms with Crippen molar-refractivity contribution in [2.24, 2.45) is 0 Å². The van der Waals surface area contributed by atoms with Crippen molar-refractivity contribution in [1.29, 1.82) is 5.26 Å². The van der Waals surface area contributed by atoms with Crippen molar-refractivity contribution in [3.05, 3.63) is 35.4 Å². The second kappa shape index (κ2) is 3.11. The maximum Gasteiger partial charge on any atom is 0.176 e. The van der Waals surface area contributed by atoms with Gasteiger partial charge in [-0.25, -0.2) is 8.78 Å². The topological polar surface area (TPSA) is 44.0 Å². The standard InChI is InChI=1S/C9H7F2NO/c1-9(13,5-12)6-3-2-4-7(10)8(6)11/h2-4,13H,1H3/t9-/m1/s1. The Morgan fingerprint density at radius 1 is 1.46 bits per heavy atom. The third-order valence-electron chi connectivity index (χ3n) is 1.69. The van der Waals surface area contributed by atoms with Crippen molar-refractivity contribution in [2.45, 2.75) is 12.5 Å². The van der Waals surface area contributed by atoms with E-state index >= 15 is 0 Å². The maximum absolute atomic E-state index is 13.0. The summed E-state index contributed by atoms with van der Waals surface area (Å²) in [7, 11) is 0. The molecule has 1 rings (SSSR count). The fourth-order valence-corrected chi connectivity index (χ4v) is 0.940. The molecule has 0 unspecified atom stereocenters. The SMILES string of the molecule is C[C@@](O)(C#N)c1cccc(F)c1F. The van der Waals surface area contributed by atoms with E-state index in [-0.39, 0.29) is 5.56 Å². The number of nitrogens with zero attached hydrogens (tertiary/aromatic N) is 1. The van der Waals surface area contributed by atoms with Crippen LogP contribution in [0, 0.1) is 23.0 Å². The number of nitriles is 1. The second-order valence-electron chi connectivity index (χ2n) is 2.79. The maximum atomic E-state index is 13.0. The van der Waals surface area contributed by atoms with Gasteiger partial charge in [0, 0.05) is 5.56 Å². The van der Waals surface area contributed by atoms with E-state index in [4.69, 9.17) is 5.26 Å². The Balaban J connectivity index is 3.33. The summed E-state index contributed by atoms with van der Waals surface area (Å²) in [5, 5.41) is 17.8. The third kappa shape index (κ3) is 1.65. The lowest BCUT2D eigenvalue weighted by Crippen LogP contribution is -2.20. The number of rotatable bonds is 1. The van der Waals surface area contributed by atoms with Crippen LogP contribution < -0.4 is 0 Å². The van der Waals surface area contributed by atoms with Gasteiger partial charge in [-0.3, -0.25) is 0 Å². The molecule has 13 heavy (non-hydrogen) atoms. The van der Waals surface area contributed by atoms with Gasteiger partial charge >= 0.3 is 0 Å². The van der Waals surface area contributed by atoms with Gasteiger partial charge in [0.2, 0.25) is 0 Å². The van der Waals surface area contributed by atoms with Gasteiger partial charge in [0.25, 0.3) is 0 Å². The van der Waals surface area contributed by atoms with Gasteiger partial charge < -0.3 is 5.11 Å². The van der Waals surface area contributed by atoms with Crippen LogP contribution in [0.3, 0.4) is 0 Å². The quantitative estimate of drug-likeness (QED) is 0.673. The Hall–Kier alpha value is -1.47. The number of benzene rings is 1. The highest BCUT2D eigenvalue weighted by molar-refractivity contribution is 5.29. The van der Waals surface area contributed by atoms with Crippen LogP contribution in [0.2, 0.25) is 0 Å². The van der Waals surface area contributed by atoms with Crippen LogP contribution in [0.15, 0.2) is 18.2 Å². The van der Waals surface area contributed by atoms with Crippen LogP contribution in [0.1, 0.15) is 12.5 Å². The number of aliphatic hydroxyl groups is 1. The van der Waals surface area contributed by atoms with Gasteiger partial charge in [-0.1, -0.05) is 12.1 Å². The molecule has 0 aromatic heterocycles. The van der Waals surface area contributed by atoms with Crippen molar-refractivity contribution >= 4 is 0 Å². The van der Waals surface area contributed by atoms with Crippen LogP contribution in [0.5, 0.6) is 0 Å². The molecule has 1 aromatic carbocycles. The lowest BCUT2D eigenvalue weighted by Gasteiger charge is -2.14. The van der Waals surface area contributed by atoms with E-state index < -0.39 is 17.2 Å². The van der Waals surface area contributed by atoms with Crippen LogP contribution >= 0.6 is 0 Å². The van der Waals surface area contributed by atoms with Crippen LogP contribution in [0.25, 0.3) is 0 Å². The Labute approximate surface area is 74.0 Å². The summed E-state index contributed by atoms with van der Waals surface area (Å²) in [6.45, 7) is 1.10. The van der Waals surface area contributed by atoms with Crippen molar-refractivity contribution in [3.63, 3.8) is 0 Å². The largest absolute Gasteiger partial charge is 0.372 e. The average Bonchev–Trinajstić information content (AvgIpc) is 2.09. The molecule has 68 valence electrons. The van der Waals surface area contributed by atoms with Crippen molar-refractivity contribution < 1.29 is 13.9 Å². The fourth-order valence-electron chi connectivity index (χ4n) is 0.940. The second-order valence-corrected chi connectivity index (χ2v) is 2.79. The smallest absolute Gasteiger partial charge is 0.176 e. The Morgan fingerprint density at radius 2 is 2.08 bits per heavy atom. The summed E-state index contributed by atoms with van der Waals surface area (Å²) in [5.74, 6) is -2.26. The first-order chi connectivity index (χ1) is 5.99. The molecule has 0 aliphatic heterocycles. The summed E-state index contributed by atoms with van der Waals surface area (Å²) in [5.41, 5.74) is -2.35. The number of hydrogen-bond acceptors (Lipinski definition) is 2. The van der Waals surface area contributed by atoms with Gasteiger partial charge in [-0.05, 0) is 13.0 Å². The third-order valence-corrected chi connectivity index (χ3v) is 1.69. The molecule has 0 aliphatic carbocycles. The number of hydrogen-bond donors (Lipinski definition) is 1. The van der Waals surface area contributed by atoms with Gasteiger partial charge in [-0.15, -0.1) is 0 Å². The van der Waals surface area contributed by atoms with Gasteiger partial charge in [0.1, 0.15) is 6.07 Å². The van der Waals surface area contributed by atoms with Crippen molar-refractivity contribution in [3.8, 4) is 6.07 Å². The molecule has 1 atom stereocenters. The minimum absolute atomic E-state index is 0.352. The van der Waals surface area contributed by atoms with E-state index in [0.717, 1.165) is 13.0 Å². The first-order valence-electron chi connectivity index (χ1n) is 3.57. The average molecular weight is 183 g/mol. The normalized spacial score (nSPS) is 14.7. The molecule has 0 heterocycles. The predicted molar refractivity (Wildman–Crippen MR) is 41.5 cm³/mol. The van der Waals surface area contributed by atoms with E-state index in [0.29, 0.717) is 0 Å². The molecule has 0 bridgehead atoms. The van der Waals surface area contributed by atoms with Crippen LogP contribution in [0.4, 0.5) is 8.78 Å². The van der Waals surface area contributed by atoms with Gasteiger partial charge in [-0.2, -0.15) is 5.26 Å². The predicted octanol–water partition coefficient (Wildman–Crippen LogP) is 1.70. The molecule has 1 N–H and O–H groups in total. The summed E-state index contributed by atoms with van der Waals surface area (Å²) in [6, 6.07) is 4.80. The molecule has 4 heteroatoms. The summed E-state index contributed by atoms with van der Waals surface area (Å²) in [6.07, 6.45) is 0. The highest BCUT2D eigenvalue weighted by Crippen LogP contribution is 2.23. The Kier molecular flexibility index (Phi) is 2.30. The lowest BCUT2D eigenvalue weighted by atomic mass is 9.97. The van der Waals surface area contributed by atoms with Crippen LogP contribution in [-0.2, 0) is 5.60 Å². The van der Waals surface area contributed by atoms with E-state index in [1.807, 2.05) is 0 Å². The van der Waals surface area contributed by atoms with Crippen molar-refractivity contribution in [1.82, 2.24) is 0 Å². The zero-order valence-electron chi connectivity index (χ0n) is 6.88. The minimum atomic E-state index is -1.99. The van der Waals surface area contributed by atoms with Gasteiger partial charge in [0.05, 0.1) is 0 Å².